The molecule has 0 saturated carbocycles. The van der Waals surface area contributed by atoms with Gasteiger partial charge in [0.1, 0.15) is 0 Å². The molecule has 0 aliphatic rings. The molecule has 1 heterocycles. The molecule has 0 aliphatic carbocycles. The highest BCUT2D eigenvalue weighted by Crippen LogP contribution is 2.14. The molecule has 0 spiro atoms. The van der Waals surface area contributed by atoms with Crippen LogP contribution >= 0.6 is 11.6 Å². The van der Waals surface area contributed by atoms with Gasteiger partial charge in [-0.05, 0) is 5.56 Å². The van der Waals surface area contributed by atoms with Crippen LogP contribution in [0, 0.1) is 0 Å². The van der Waals surface area contributed by atoms with Gasteiger partial charge in [-0.1, -0.05) is 47.1 Å². The zero-order valence-corrected chi connectivity index (χ0v) is 8.92. The van der Waals surface area contributed by atoms with Crippen molar-refractivity contribution in [2.24, 2.45) is 0 Å². The first kappa shape index (κ1) is 10.6. The Labute approximate surface area is 96.3 Å². The van der Waals surface area contributed by atoms with E-state index in [2.05, 4.69) is 10.3 Å². The molecular formula is C10H8ClN3O2. The van der Waals surface area contributed by atoms with Crippen molar-refractivity contribution in [3.63, 3.8) is 0 Å². The number of carboxylic acids is 1. The normalized spacial score (nSPS) is 10.3. The van der Waals surface area contributed by atoms with Crippen LogP contribution in [0.1, 0.15) is 16.1 Å². The van der Waals surface area contributed by atoms with Crippen molar-refractivity contribution in [2.75, 3.05) is 0 Å². The van der Waals surface area contributed by atoms with E-state index in [1.807, 2.05) is 30.3 Å². The molecule has 1 aromatic heterocycles. The minimum absolute atomic E-state index is 0.0383. The van der Waals surface area contributed by atoms with Gasteiger partial charge in [-0.2, -0.15) is 0 Å². The second kappa shape index (κ2) is 4.32. The molecule has 2 rings (SSSR count). The predicted octanol–water partition coefficient (Wildman–Crippen LogP) is 1.68. The average molecular weight is 238 g/mol. The van der Waals surface area contributed by atoms with Crippen molar-refractivity contribution in [2.45, 2.75) is 6.54 Å². The molecule has 0 bridgehead atoms. The van der Waals surface area contributed by atoms with Crippen LogP contribution < -0.4 is 0 Å². The fourth-order valence-electron chi connectivity index (χ4n) is 1.29. The fraction of sp³-hybridized carbons (Fsp3) is 0.100. The molecule has 82 valence electrons. The highest BCUT2D eigenvalue weighted by atomic mass is 35.5. The van der Waals surface area contributed by atoms with Gasteiger partial charge < -0.3 is 5.11 Å². The number of hydrogen-bond donors (Lipinski definition) is 1. The Kier molecular flexibility index (Phi) is 2.87. The van der Waals surface area contributed by atoms with Crippen LogP contribution in [0.3, 0.4) is 0 Å². The molecule has 0 unspecified atom stereocenters. The minimum Gasteiger partial charge on any atom is -0.476 e. The van der Waals surface area contributed by atoms with Crippen molar-refractivity contribution >= 4 is 17.6 Å². The van der Waals surface area contributed by atoms with Gasteiger partial charge in [-0.25, -0.2) is 9.48 Å². The van der Waals surface area contributed by atoms with Crippen LogP contribution in [-0.2, 0) is 6.54 Å². The molecule has 1 aromatic carbocycles. The minimum atomic E-state index is -1.18. The molecule has 0 fully saturated rings. The topological polar surface area (TPSA) is 68.0 Å². The van der Waals surface area contributed by atoms with Gasteiger partial charge >= 0.3 is 5.97 Å². The maximum Gasteiger partial charge on any atom is 0.359 e. The number of carbonyl (C=O) groups is 1. The number of rotatable bonds is 3. The molecule has 6 heteroatoms. The van der Waals surface area contributed by atoms with E-state index in [4.69, 9.17) is 16.7 Å². The third-order valence-electron chi connectivity index (χ3n) is 2.05. The molecule has 0 radical (unpaired) electrons. The van der Waals surface area contributed by atoms with E-state index in [9.17, 15) is 4.79 Å². The standard InChI is InChI=1S/C10H8ClN3O2/c11-9-8(10(15)16)12-13-14(9)6-7-4-2-1-3-5-7/h1-5H,6H2,(H,15,16). The Morgan fingerprint density at radius 1 is 1.38 bits per heavy atom. The second-order valence-electron chi connectivity index (χ2n) is 3.18. The van der Waals surface area contributed by atoms with Gasteiger partial charge in [0.2, 0.25) is 5.69 Å². The van der Waals surface area contributed by atoms with E-state index in [0.717, 1.165) is 5.56 Å². The molecule has 0 amide bonds. The summed E-state index contributed by atoms with van der Waals surface area (Å²) in [6.07, 6.45) is 0. The summed E-state index contributed by atoms with van der Waals surface area (Å²) in [6.45, 7) is 0.403. The van der Waals surface area contributed by atoms with Gasteiger partial charge in [0, 0.05) is 0 Å². The maximum absolute atomic E-state index is 10.7. The summed E-state index contributed by atoms with van der Waals surface area (Å²) in [7, 11) is 0. The zero-order chi connectivity index (χ0) is 11.5. The predicted molar refractivity (Wildman–Crippen MR) is 57.5 cm³/mol. The summed E-state index contributed by atoms with van der Waals surface area (Å²) in [5.74, 6) is -1.18. The summed E-state index contributed by atoms with van der Waals surface area (Å²) in [4.78, 5) is 10.7. The van der Waals surface area contributed by atoms with Gasteiger partial charge in [0.15, 0.2) is 5.15 Å². The third-order valence-corrected chi connectivity index (χ3v) is 2.43. The average Bonchev–Trinajstić information content (AvgIpc) is 2.62. The van der Waals surface area contributed by atoms with Crippen molar-refractivity contribution in [3.8, 4) is 0 Å². The number of aromatic nitrogens is 3. The van der Waals surface area contributed by atoms with E-state index in [1.165, 1.54) is 4.68 Å². The third kappa shape index (κ3) is 2.04. The van der Waals surface area contributed by atoms with Gasteiger partial charge in [-0.15, -0.1) is 5.10 Å². The molecule has 0 atom stereocenters. The van der Waals surface area contributed by atoms with Crippen molar-refractivity contribution in [1.82, 2.24) is 15.0 Å². The molecule has 5 nitrogen and oxygen atoms in total. The van der Waals surface area contributed by atoms with Crippen molar-refractivity contribution in [1.29, 1.82) is 0 Å². The lowest BCUT2D eigenvalue weighted by atomic mass is 10.2. The van der Waals surface area contributed by atoms with Crippen LogP contribution in [0.15, 0.2) is 30.3 Å². The summed E-state index contributed by atoms with van der Waals surface area (Å²) in [6, 6.07) is 9.47. The molecular weight excluding hydrogens is 230 g/mol. The van der Waals surface area contributed by atoms with Crippen LogP contribution in [-0.4, -0.2) is 26.1 Å². The fourth-order valence-corrected chi connectivity index (χ4v) is 1.50. The number of benzene rings is 1. The smallest absolute Gasteiger partial charge is 0.359 e. The molecule has 0 aliphatic heterocycles. The Hall–Kier alpha value is -1.88. The molecule has 2 aromatic rings. The van der Waals surface area contributed by atoms with E-state index in [1.54, 1.807) is 0 Å². The van der Waals surface area contributed by atoms with Crippen LogP contribution in [0.25, 0.3) is 0 Å². The van der Waals surface area contributed by atoms with Crippen LogP contribution in [0.5, 0.6) is 0 Å². The first-order chi connectivity index (χ1) is 7.68. The van der Waals surface area contributed by atoms with Crippen LogP contribution in [0.2, 0.25) is 5.15 Å². The number of aromatic carboxylic acids is 1. The number of hydrogen-bond acceptors (Lipinski definition) is 3. The zero-order valence-electron chi connectivity index (χ0n) is 8.17. The van der Waals surface area contributed by atoms with E-state index < -0.39 is 5.97 Å². The Morgan fingerprint density at radius 3 is 2.62 bits per heavy atom. The van der Waals surface area contributed by atoms with E-state index in [0.29, 0.717) is 6.54 Å². The van der Waals surface area contributed by atoms with Crippen LogP contribution in [0.4, 0.5) is 0 Å². The number of carboxylic acid groups (broad SMARTS) is 1. The quantitative estimate of drug-likeness (QED) is 0.882. The SMILES string of the molecule is O=C(O)c1nnn(Cc2ccccc2)c1Cl. The lowest BCUT2D eigenvalue weighted by Crippen LogP contribution is -2.02. The lowest BCUT2D eigenvalue weighted by molar-refractivity contribution is 0.0690. The van der Waals surface area contributed by atoms with Crippen molar-refractivity contribution in [3.05, 3.63) is 46.7 Å². The van der Waals surface area contributed by atoms with Gasteiger partial charge in [-0.3, -0.25) is 0 Å². The second-order valence-corrected chi connectivity index (χ2v) is 3.54. The summed E-state index contributed by atoms with van der Waals surface area (Å²) in [5.41, 5.74) is 0.754. The van der Waals surface area contributed by atoms with Gasteiger partial charge in [0.25, 0.3) is 0 Å². The maximum atomic E-state index is 10.7. The highest BCUT2D eigenvalue weighted by molar-refractivity contribution is 6.32. The lowest BCUT2D eigenvalue weighted by Gasteiger charge is -2.01. The Morgan fingerprint density at radius 2 is 2.06 bits per heavy atom. The van der Waals surface area contributed by atoms with Gasteiger partial charge in [0.05, 0.1) is 6.54 Å². The van der Waals surface area contributed by atoms with E-state index in [-0.39, 0.29) is 10.8 Å². The highest BCUT2D eigenvalue weighted by Gasteiger charge is 2.16. The van der Waals surface area contributed by atoms with Crippen molar-refractivity contribution < 1.29 is 9.90 Å². The van der Waals surface area contributed by atoms with E-state index >= 15 is 0 Å². The first-order valence-electron chi connectivity index (χ1n) is 4.54. The summed E-state index contributed by atoms with van der Waals surface area (Å²) in [5, 5.41) is 16.0. The molecule has 0 saturated heterocycles. The number of nitrogens with zero attached hydrogens (tertiary/aromatic N) is 3. The monoisotopic (exact) mass is 237 g/mol. The first-order valence-corrected chi connectivity index (χ1v) is 4.92. The Bertz CT molecular complexity index is 510. The number of halogens is 1. The largest absolute Gasteiger partial charge is 0.476 e. The molecule has 1 N–H and O–H groups in total. The Balaban J connectivity index is 2.26. The summed E-state index contributed by atoms with van der Waals surface area (Å²) >= 11 is 5.83. The summed E-state index contributed by atoms with van der Waals surface area (Å²) < 4.78 is 1.35. The molecule has 16 heavy (non-hydrogen) atoms.